The Morgan fingerprint density at radius 2 is 0.688 bits per heavy atom. The summed E-state index contributed by atoms with van der Waals surface area (Å²) in [5.41, 5.74) is 0. The fourth-order valence-electron chi connectivity index (χ4n) is 5.13. The maximum Gasteiger partial charge on any atom is -0.0355 e. The Morgan fingerprint density at radius 3 is 1.06 bits per heavy atom. The van der Waals surface area contributed by atoms with Gasteiger partial charge in [-0.15, -0.1) is 0 Å². The zero-order chi connectivity index (χ0) is 10.8. The summed E-state index contributed by atoms with van der Waals surface area (Å²) >= 11 is 0. The van der Waals surface area contributed by atoms with Gasteiger partial charge >= 0.3 is 0 Å². The van der Waals surface area contributed by atoms with Gasteiger partial charge in [0.25, 0.3) is 0 Å². The van der Waals surface area contributed by atoms with Gasteiger partial charge in [0, 0.05) is 0 Å². The summed E-state index contributed by atoms with van der Waals surface area (Å²) in [5, 5.41) is 0. The Bertz CT molecular complexity index is 184. The van der Waals surface area contributed by atoms with Gasteiger partial charge in [-0.1, -0.05) is 64.2 Å². The normalized spacial score (nSPS) is 38.2. The molecule has 3 saturated carbocycles. The molecule has 16 heavy (non-hydrogen) atoms. The topological polar surface area (TPSA) is 0 Å². The zero-order valence-corrected chi connectivity index (χ0v) is 10.8. The molecule has 0 nitrogen and oxygen atoms in total. The van der Waals surface area contributed by atoms with Crippen molar-refractivity contribution in [1.82, 2.24) is 0 Å². The SMILES string of the molecule is C1CCC(C2CCCCC2C2CCCC2)C1. The summed E-state index contributed by atoms with van der Waals surface area (Å²) in [4.78, 5) is 0. The fourth-order valence-corrected chi connectivity index (χ4v) is 5.13. The molecule has 2 unspecified atom stereocenters. The molecule has 92 valence electrons. The highest BCUT2D eigenvalue weighted by atomic mass is 14.4. The number of rotatable bonds is 2. The van der Waals surface area contributed by atoms with Crippen molar-refractivity contribution < 1.29 is 0 Å². The van der Waals surface area contributed by atoms with Crippen LogP contribution >= 0.6 is 0 Å². The van der Waals surface area contributed by atoms with Gasteiger partial charge in [0.1, 0.15) is 0 Å². The van der Waals surface area contributed by atoms with Gasteiger partial charge in [-0.05, 0) is 36.5 Å². The molecule has 0 aliphatic heterocycles. The largest absolute Gasteiger partial charge is 0.0530 e. The summed E-state index contributed by atoms with van der Waals surface area (Å²) in [7, 11) is 0. The van der Waals surface area contributed by atoms with Gasteiger partial charge in [0.05, 0.1) is 0 Å². The lowest BCUT2D eigenvalue weighted by molar-refractivity contribution is 0.110. The Morgan fingerprint density at radius 1 is 0.375 bits per heavy atom. The summed E-state index contributed by atoms with van der Waals surface area (Å²) < 4.78 is 0. The van der Waals surface area contributed by atoms with E-state index in [1.165, 1.54) is 0 Å². The van der Waals surface area contributed by atoms with Crippen molar-refractivity contribution in [2.75, 3.05) is 0 Å². The third kappa shape index (κ3) is 2.17. The van der Waals surface area contributed by atoms with Crippen molar-refractivity contribution in [1.29, 1.82) is 0 Å². The van der Waals surface area contributed by atoms with E-state index in [4.69, 9.17) is 0 Å². The predicted octanol–water partition coefficient (Wildman–Crippen LogP) is 5.17. The lowest BCUT2D eigenvalue weighted by atomic mass is 9.66. The van der Waals surface area contributed by atoms with E-state index in [-0.39, 0.29) is 0 Å². The van der Waals surface area contributed by atoms with E-state index in [9.17, 15) is 0 Å². The van der Waals surface area contributed by atoms with Crippen LogP contribution in [0, 0.1) is 23.7 Å². The highest BCUT2D eigenvalue weighted by Gasteiger charge is 2.37. The highest BCUT2D eigenvalue weighted by Crippen LogP contribution is 2.48. The smallest absolute Gasteiger partial charge is 0.0355 e. The van der Waals surface area contributed by atoms with Gasteiger partial charge in [0.15, 0.2) is 0 Å². The molecule has 0 bridgehead atoms. The van der Waals surface area contributed by atoms with Crippen LogP contribution in [0.3, 0.4) is 0 Å². The fraction of sp³-hybridized carbons (Fsp3) is 1.00. The lowest BCUT2D eigenvalue weighted by Gasteiger charge is -2.39. The molecule has 3 fully saturated rings. The molecule has 0 heteroatoms. The van der Waals surface area contributed by atoms with E-state index in [1.807, 2.05) is 0 Å². The van der Waals surface area contributed by atoms with Crippen LogP contribution < -0.4 is 0 Å². The lowest BCUT2D eigenvalue weighted by Crippen LogP contribution is -2.30. The number of hydrogen-bond donors (Lipinski definition) is 0. The molecule has 0 spiro atoms. The van der Waals surface area contributed by atoms with Gasteiger partial charge in [-0.2, -0.15) is 0 Å². The number of hydrogen-bond acceptors (Lipinski definition) is 0. The van der Waals surface area contributed by atoms with Crippen LogP contribution in [0.15, 0.2) is 0 Å². The molecule has 0 N–H and O–H groups in total. The second-order valence-corrected chi connectivity index (χ2v) is 6.70. The molecule has 0 radical (unpaired) electrons. The molecule has 0 heterocycles. The van der Waals surface area contributed by atoms with Crippen LogP contribution in [0.4, 0.5) is 0 Å². The second kappa shape index (κ2) is 5.10. The van der Waals surface area contributed by atoms with Crippen LogP contribution in [-0.2, 0) is 0 Å². The second-order valence-electron chi connectivity index (χ2n) is 6.70. The molecule has 0 aromatic carbocycles. The Kier molecular flexibility index (Phi) is 3.54. The first-order valence-corrected chi connectivity index (χ1v) is 7.95. The maximum absolute atomic E-state index is 1.59. The van der Waals surface area contributed by atoms with Crippen LogP contribution in [0.25, 0.3) is 0 Å². The first-order chi connectivity index (χ1) is 7.95. The average Bonchev–Trinajstić information content (AvgIpc) is 3.03. The monoisotopic (exact) mass is 220 g/mol. The average molecular weight is 220 g/mol. The van der Waals surface area contributed by atoms with E-state index < -0.39 is 0 Å². The summed E-state index contributed by atoms with van der Waals surface area (Å²) in [6, 6.07) is 0. The van der Waals surface area contributed by atoms with E-state index in [1.54, 1.807) is 77.0 Å². The van der Waals surface area contributed by atoms with E-state index in [0.717, 1.165) is 23.7 Å². The van der Waals surface area contributed by atoms with E-state index in [2.05, 4.69) is 0 Å². The standard InChI is InChI=1S/C16H28/c1-2-8-13(7-1)15-11-5-6-12-16(15)14-9-3-4-10-14/h13-16H,1-12H2. The Hall–Kier alpha value is 0. The van der Waals surface area contributed by atoms with Crippen molar-refractivity contribution in [3.63, 3.8) is 0 Å². The molecular formula is C16H28. The van der Waals surface area contributed by atoms with Gasteiger partial charge in [-0.25, -0.2) is 0 Å². The highest BCUT2D eigenvalue weighted by molar-refractivity contribution is 4.88. The van der Waals surface area contributed by atoms with Crippen molar-refractivity contribution >= 4 is 0 Å². The molecule has 3 aliphatic carbocycles. The van der Waals surface area contributed by atoms with Crippen molar-refractivity contribution in [2.45, 2.75) is 77.0 Å². The Labute approximate surface area is 101 Å². The van der Waals surface area contributed by atoms with Crippen LogP contribution in [-0.4, -0.2) is 0 Å². The van der Waals surface area contributed by atoms with Crippen LogP contribution in [0.5, 0.6) is 0 Å². The third-order valence-corrected chi connectivity index (χ3v) is 5.89. The first-order valence-electron chi connectivity index (χ1n) is 7.95. The Balaban J connectivity index is 1.67. The molecule has 0 aromatic heterocycles. The van der Waals surface area contributed by atoms with E-state index >= 15 is 0 Å². The molecule has 0 amide bonds. The molecule has 0 saturated heterocycles. The van der Waals surface area contributed by atoms with Crippen molar-refractivity contribution in [2.24, 2.45) is 23.7 Å². The minimum Gasteiger partial charge on any atom is -0.0530 e. The van der Waals surface area contributed by atoms with Crippen LogP contribution in [0.1, 0.15) is 77.0 Å². The quantitative estimate of drug-likeness (QED) is 0.602. The van der Waals surface area contributed by atoms with Crippen molar-refractivity contribution in [3.05, 3.63) is 0 Å². The molecule has 3 aliphatic rings. The van der Waals surface area contributed by atoms with Gasteiger partial charge < -0.3 is 0 Å². The summed E-state index contributed by atoms with van der Waals surface area (Å²) in [6.45, 7) is 0. The van der Waals surface area contributed by atoms with Crippen LogP contribution in [0.2, 0.25) is 0 Å². The maximum atomic E-state index is 1.59. The predicted molar refractivity (Wildman–Crippen MR) is 69.4 cm³/mol. The van der Waals surface area contributed by atoms with Gasteiger partial charge in [-0.3, -0.25) is 0 Å². The molecule has 2 atom stereocenters. The van der Waals surface area contributed by atoms with Gasteiger partial charge in [0.2, 0.25) is 0 Å². The molecular weight excluding hydrogens is 192 g/mol. The minimum absolute atomic E-state index is 1.14. The minimum atomic E-state index is 1.14. The van der Waals surface area contributed by atoms with Crippen molar-refractivity contribution in [3.8, 4) is 0 Å². The van der Waals surface area contributed by atoms with E-state index in [0.29, 0.717) is 0 Å². The summed E-state index contributed by atoms with van der Waals surface area (Å²) in [6.07, 6.45) is 18.7. The molecule has 3 rings (SSSR count). The molecule has 0 aromatic rings. The first kappa shape index (κ1) is 11.1. The third-order valence-electron chi connectivity index (χ3n) is 5.89. The summed E-state index contributed by atoms with van der Waals surface area (Å²) in [5.74, 6) is 4.59. The zero-order valence-electron chi connectivity index (χ0n) is 10.8.